The van der Waals surface area contributed by atoms with Crippen LogP contribution in [0.2, 0.25) is 0 Å². The number of hydrazone groups is 1. The van der Waals surface area contributed by atoms with E-state index in [0.717, 1.165) is 0 Å². The van der Waals surface area contributed by atoms with Gasteiger partial charge in [0.1, 0.15) is 5.71 Å². The van der Waals surface area contributed by atoms with E-state index in [9.17, 15) is 9.59 Å². The van der Waals surface area contributed by atoms with Crippen LogP contribution in [0.5, 0.6) is 0 Å². The lowest BCUT2D eigenvalue weighted by Gasteiger charge is -2.11. The predicted molar refractivity (Wildman–Crippen MR) is 59.9 cm³/mol. The largest absolute Gasteiger partial charge is 0.321 e. The highest BCUT2D eigenvalue weighted by Crippen LogP contribution is 2.07. The Morgan fingerprint density at radius 3 is 2.62 bits per heavy atom. The van der Waals surface area contributed by atoms with Crippen LogP contribution in [0.25, 0.3) is 0 Å². The topological polar surface area (TPSA) is 70.6 Å². The minimum atomic E-state index is -0.272. The molecule has 0 unspecified atom stereocenters. The molecule has 0 saturated carbocycles. The molecule has 1 aromatic carbocycles. The lowest BCUT2D eigenvalue weighted by atomic mass is 10.1. The minimum Gasteiger partial charge on any atom is -0.321 e. The van der Waals surface area contributed by atoms with Gasteiger partial charge in [-0.15, -0.1) is 0 Å². The third-order valence-corrected chi connectivity index (χ3v) is 2.20. The van der Waals surface area contributed by atoms with E-state index in [4.69, 9.17) is 0 Å². The van der Waals surface area contributed by atoms with Crippen LogP contribution in [0.4, 0.5) is 5.69 Å². The second-order valence-electron chi connectivity index (χ2n) is 3.41. The molecule has 0 aliphatic carbocycles. The second-order valence-corrected chi connectivity index (χ2v) is 3.41. The predicted octanol–water partition coefficient (Wildman–Crippen LogP) is 0.891. The normalized spacial score (nSPS) is 15.0. The second kappa shape index (κ2) is 4.57. The van der Waals surface area contributed by atoms with Gasteiger partial charge in [-0.05, 0) is 12.1 Å². The molecule has 0 bridgehead atoms. The Hall–Kier alpha value is -2.17. The number of anilines is 1. The molecule has 1 aliphatic rings. The van der Waals surface area contributed by atoms with E-state index in [-0.39, 0.29) is 11.8 Å². The van der Waals surface area contributed by atoms with Gasteiger partial charge in [0.25, 0.3) is 5.91 Å². The van der Waals surface area contributed by atoms with Gasteiger partial charge < -0.3 is 5.32 Å². The van der Waals surface area contributed by atoms with Gasteiger partial charge in [-0.3, -0.25) is 9.59 Å². The van der Waals surface area contributed by atoms with Crippen LogP contribution in [0, 0.1) is 0 Å². The maximum atomic E-state index is 11.7. The third-order valence-electron chi connectivity index (χ3n) is 2.20. The van der Waals surface area contributed by atoms with E-state index in [1.165, 1.54) is 0 Å². The zero-order chi connectivity index (χ0) is 11.4. The summed E-state index contributed by atoms with van der Waals surface area (Å²) in [6.07, 6.45) is 0.686. The molecule has 82 valence electrons. The lowest BCUT2D eigenvalue weighted by molar-refractivity contribution is -0.121. The number of carbonyl (C=O) groups is 2. The zero-order valence-electron chi connectivity index (χ0n) is 8.56. The summed E-state index contributed by atoms with van der Waals surface area (Å²) in [7, 11) is 0. The molecule has 0 radical (unpaired) electrons. The average Bonchev–Trinajstić information content (AvgIpc) is 2.31. The Balaban J connectivity index is 2.01. The van der Waals surface area contributed by atoms with Crippen molar-refractivity contribution >= 4 is 23.2 Å². The fourth-order valence-corrected chi connectivity index (χ4v) is 1.36. The van der Waals surface area contributed by atoms with Crippen molar-refractivity contribution in [2.45, 2.75) is 12.8 Å². The number of hydrogen-bond acceptors (Lipinski definition) is 3. The summed E-state index contributed by atoms with van der Waals surface area (Å²) in [6.45, 7) is 0. The molecule has 5 heteroatoms. The Kier molecular flexibility index (Phi) is 2.95. The lowest BCUT2D eigenvalue weighted by Crippen LogP contribution is -2.32. The molecule has 0 saturated heterocycles. The van der Waals surface area contributed by atoms with Crippen LogP contribution in [-0.4, -0.2) is 17.5 Å². The zero-order valence-corrected chi connectivity index (χ0v) is 8.56. The van der Waals surface area contributed by atoms with Crippen molar-refractivity contribution in [2.24, 2.45) is 5.10 Å². The summed E-state index contributed by atoms with van der Waals surface area (Å²) in [5.41, 5.74) is 3.35. The monoisotopic (exact) mass is 217 g/mol. The first kappa shape index (κ1) is 10.4. The maximum Gasteiger partial charge on any atom is 0.271 e. The third kappa shape index (κ3) is 2.44. The summed E-state index contributed by atoms with van der Waals surface area (Å²) in [5, 5.41) is 6.42. The van der Waals surface area contributed by atoms with Crippen LogP contribution < -0.4 is 10.7 Å². The summed E-state index contributed by atoms with van der Waals surface area (Å²) in [4.78, 5) is 22.5. The fourth-order valence-electron chi connectivity index (χ4n) is 1.36. The van der Waals surface area contributed by atoms with Crippen LogP contribution in [0.3, 0.4) is 0 Å². The van der Waals surface area contributed by atoms with Crippen LogP contribution in [0.1, 0.15) is 12.8 Å². The van der Waals surface area contributed by atoms with Gasteiger partial charge in [0.05, 0.1) is 0 Å². The Morgan fingerprint density at radius 2 is 2.00 bits per heavy atom. The first-order chi connectivity index (χ1) is 7.75. The molecule has 1 aromatic rings. The number of rotatable bonds is 2. The van der Waals surface area contributed by atoms with Crippen molar-refractivity contribution in [2.75, 3.05) is 5.32 Å². The number of nitrogens with zero attached hydrogens (tertiary/aromatic N) is 1. The Morgan fingerprint density at radius 1 is 1.25 bits per heavy atom. The number of amides is 2. The fraction of sp³-hybridized carbons (Fsp3) is 0.182. The summed E-state index contributed by atoms with van der Waals surface area (Å²) >= 11 is 0. The molecule has 2 rings (SSSR count). The number of nitrogens with one attached hydrogen (secondary N) is 2. The van der Waals surface area contributed by atoms with E-state index in [1.807, 2.05) is 18.2 Å². The summed E-state index contributed by atoms with van der Waals surface area (Å²) < 4.78 is 0. The van der Waals surface area contributed by atoms with Crippen LogP contribution >= 0.6 is 0 Å². The van der Waals surface area contributed by atoms with Crippen molar-refractivity contribution < 1.29 is 9.59 Å². The van der Waals surface area contributed by atoms with Crippen LogP contribution in [-0.2, 0) is 9.59 Å². The minimum absolute atomic E-state index is 0.156. The van der Waals surface area contributed by atoms with Gasteiger partial charge in [-0.1, -0.05) is 18.2 Å². The number of benzene rings is 1. The summed E-state index contributed by atoms with van der Waals surface area (Å²) in [6, 6.07) is 9.12. The van der Waals surface area contributed by atoms with Crippen LogP contribution in [0.15, 0.2) is 35.4 Å². The molecular weight excluding hydrogens is 206 g/mol. The average molecular weight is 217 g/mol. The molecule has 0 fully saturated rings. The molecule has 5 nitrogen and oxygen atoms in total. The van der Waals surface area contributed by atoms with Crippen molar-refractivity contribution in [1.29, 1.82) is 0 Å². The molecular formula is C11H11N3O2. The molecule has 16 heavy (non-hydrogen) atoms. The van der Waals surface area contributed by atoms with Crippen molar-refractivity contribution in [3.8, 4) is 0 Å². The molecule has 2 N–H and O–H groups in total. The van der Waals surface area contributed by atoms with Gasteiger partial charge in [-0.25, -0.2) is 5.43 Å². The first-order valence-electron chi connectivity index (χ1n) is 4.97. The SMILES string of the molecule is O=C1CCC(C(=O)Nc2ccccc2)=NN1. The van der Waals surface area contributed by atoms with Gasteiger partial charge in [0, 0.05) is 18.5 Å². The van der Waals surface area contributed by atoms with E-state index < -0.39 is 0 Å². The van der Waals surface area contributed by atoms with Crippen molar-refractivity contribution in [1.82, 2.24) is 5.43 Å². The van der Waals surface area contributed by atoms with Gasteiger partial charge in [0.2, 0.25) is 5.91 Å². The van der Waals surface area contributed by atoms with Gasteiger partial charge in [-0.2, -0.15) is 5.10 Å². The molecule has 0 aromatic heterocycles. The number of para-hydroxylation sites is 1. The van der Waals surface area contributed by atoms with Crippen molar-refractivity contribution in [3.63, 3.8) is 0 Å². The van der Waals surface area contributed by atoms with E-state index in [1.54, 1.807) is 12.1 Å². The molecule has 1 heterocycles. The highest BCUT2D eigenvalue weighted by atomic mass is 16.2. The quantitative estimate of drug-likeness (QED) is 0.772. The van der Waals surface area contributed by atoms with Gasteiger partial charge >= 0.3 is 0 Å². The van der Waals surface area contributed by atoms with E-state index in [0.29, 0.717) is 24.2 Å². The maximum absolute atomic E-state index is 11.7. The Labute approximate surface area is 92.5 Å². The van der Waals surface area contributed by atoms with Crippen molar-refractivity contribution in [3.05, 3.63) is 30.3 Å². The molecule has 0 spiro atoms. The van der Waals surface area contributed by atoms with E-state index in [2.05, 4.69) is 15.8 Å². The smallest absolute Gasteiger partial charge is 0.271 e. The number of carbonyl (C=O) groups excluding carboxylic acids is 2. The molecule has 0 atom stereocenters. The highest BCUT2D eigenvalue weighted by molar-refractivity contribution is 6.43. The standard InChI is InChI=1S/C11H11N3O2/c15-10-7-6-9(13-14-10)11(16)12-8-4-2-1-3-5-8/h1-5H,6-7H2,(H,12,16)(H,14,15). The number of hydrogen-bond donors (Lipinski definition) is 2. The Bertz CT molecular complexity index is 440. The van der Waals surface area contributed by atoms with E-state index >= 15 is 0 Å². The molecule has 1 aliphatic heterocycles. The molecule has 2 amide bonds. The first-order valence-corrected chi connectivity index (χ1v) is 4.97. The summed E-state index contributed by atoms with van der Waals surface area (Å²) in [5.74, 6) is -0.428. The highest BCUT2D eigenvalue weighted by Gasteiger charge is 2.17. The van der Waals surface area contributed by atoms with Gasteiger partial charge in [0.15, 0.2) is 0 Å².